The van der Waals surface area contributed by atoms with Gasteiger partial charge in [-0.15, -0.1) is 0 Å². The van der Waals surface area contributed by atoms with Gasteiger partial charge in [0.05, 0.1) is 7.11 Å². The van der Waals surface area contributed by atoms with Crippen LogP contribution in [0.1, 0.15) is 18.9 Å². The number of nitrogens with one attached hydrogen (secondary N) is 1. The first-order chi connectivity index (χ1) is 8.52. The summed E-state index contributed by atoms with van der Waals surface area (Å²) in [6.45, 7) is 2.40. The Morgan fingerprint density at radius 2 is 2.28 bits per heavy atom. The highest BCUT2D eigenvalue weighted by Gasteiger charge is 2.06. The molecule has 1 atom stereocenters. The third-order valence-electron chi connectivity index (χ3n) is 2.47. The molecule has 0 spiro atoms. The van der Waals surface area contributed by atoms with E-state index in [1.807, 2.05) is 25.1 Å². The van der Waals surface area contributed by atoms with Crippen LogP contribution < -0.4 is 15.8 Å². The zero-order valence-corrected chi connectivity index (χ0v) is 12.3. The van der Waals surface area contributed by atoms with E-state index in [1.54, 1.807) is 7.11 Å². The second-order valence-electron chi connectivity index (χ2n) is 4.24. The fraction of sp³-hybridized carbons (Fsp3) is 0.462. The largest absolute Gasteiger partial charge is 0.496 e. The van der Waals surface area contributed by atoms with E-state index < -0.39 is 0 Å². The van der Waals surface area contributed by atoms with Crippen LogP contribution in [0.3, 0.4) is 0 Å². The SMILES string of the molecule is COc1ccc(Br)cc1CCNC(=O)CC(C)N. The zero-order valence-electron chi connectivity index (χ0n) is 10.7. The van der Waals surface area contributed by atoms with E-state index in [4.69, 9.17) is 10.5 Å². The van der Waals surface area contributed by atoms with Crippen LogP contribution in [-0.4, -0.2) is 25.6 Å². The molecule has 5 heteroatoms. The van der Waals surface area contributed by atoms with E-state index >= 15 is 0 Å². The highest BCUT2D eigenvalue weighted by atomic mass is 79.9. The van der Waals surface area contributed by atoms with Crippen LogP contribution in [0.2, 0.25) is 0 Å². The van der Waals surface area contributed by atoms with Crippen LogP contribution in [0.4, 0.5) is 0 Å². The molecule has 0 aliphatic rings. The van der Waals surface area contributed by atoms with Gasteiger partial charge >= 0.3 is 0 Å². The number of methoxy groups -OCH3 is 1. The maximum atomic E-state index is 11.4. The van der Waals surface area contributed by atoms with Gasteiger partial charge in [-0.25, -0.2) is 0 Å². The summed E-state index contributed by atoms with van der Waals surface area (Å²) in [5, 5.41) is 2.84. The zero-order chi connectivity index (χ0) is 13.5. The fourth-order valence-corrected chi connectivity index (χ4v) is 2.05. The van der Waals surface area contributed by atoms with Crippen molar-refractivity contribution < 1.29 is 9.53 Å². The molecule has 0 heterocycles. The molecule has 1 aromatic carbocycles. The van der Waals surface area contributed by atoms with Gasteiger partial charge in [0.2, 0.25) is 5.91 Å². The van der Waals surface area contributed by atoms with Gasteiger partial charge in [-0.05, 0) is 37.1 Å². The molecule has 4 nitrogen and oxygen atoms in total. The van der Waals surface area contributed by atoms with Crippen LogP contribution in [0.15, 0.2) is 22.7 Å². The highest BCUT2D eigenvalue weighted by Crippen LogP contribution is 2.23. The van der Waals surface area contributed by atoms with Gasteiger partial charge < -0.3 is 15.8 Å². The smallest absolute Gasteiger partial charge is 0.221 e. The molecule has 100 valence electrons. The monoisotopic (exact) mass is 314 g/mol. The minimum absolute atomic E-state index is 0.0148. The number of benzene rings is 1. The Balaban J connectivity index is 2.48. The summed E-state index contributed by atoms with van der Waals surface area (Å²) in [7, 11) is 1.64. The second-order valence-corrected chi connectivity index (χ2v) is 5.15. The van der Waals surface area contributed by atoms with Crippen LogP contribution in [-0.2, 0) is 11.2 Å². The van der Waals surface area contributed by atoms with E-state index in [0.717, 1.165) is 22.2 Å². The lowest BCUT2D eigenvalue weighted by Gasteiger charge is -2.10. The van der Waals surface area contributed by atoms with Crippen LogP contribution in [0.25, 0.3) is 0 Å². The molecule has 0 aliphatic heterocycles. The van der Waals surface area contributed by atoms with E-state index in [9.17, 15) is 4.79 Å². The molecule has 0 bridgehead atoms. The first kappa shape index (κ1) is 15.0. The lowest BCUT2D eigenvalue weighted by molar-refractivity contribution is -0.121. The maximum absolute atomic E-state index is 11.4. The third-order valence-corrected chi connectivity index (χ3v) is 2.96. The molecule has 3 N–H and O–H groups in total. The molecule has 0 saturated heterocycles. The number of hydrogen-bond donors (Lipinski definition) is 2. The van der Waals surface area contributed by atoms with Crippen molar-refractivity contribution in [1.29, 1.82) is 0 Å². The van der Waals surface area contributed by atoms with Gasteiger partial charge in [-0.3, -0.25) is 4.79 Å². The highest BCUT2D eigenvalue weighted by molar-refractivity contribution is 9.10. The Morgan fingerprint density at radius 1 is 1.56 bits per heavy atom. The van der Waals surface area contributed by atoms with Gasteiger partial charge in [0, 0.05) is 23.5 Å². The second kappa shape index (κ2) is 7.38. The van der Waals surface area contributed by atoms with E-state index in [1.165, 1.54) is 0 Å². The van der Waals surface area contributed by atoms with Crippen LogP contribution >= 0.6 is 15.9 Å². The van der Waals surface area contributed by atoms with Gasteiger partial charge in [0.15, 0.2) is 0 Å². The van der Waals surface area contributed by atoms with Crippen molar-refractivity contribution >= 4 is 21.8 Å². The summed E-state index contributed by atoms with van der Waals surface area (Å²) in [6.07, 6.45) is 1.09. The Kier molecular flexibility index (Phi) is 6.15. The van der Waals surface area contributed by atoms with E-state index in [2.05, 4.69) is 21.2 Å². The number of carbonyl (C=O) groups excluding carboxylic acids is 1. The quantitative estimate of drug-likeness (QED) is 0.842. The number of carbonyl (C=O) groups is 1. The predicted molar refractivity (Wildman–Crippen MR) is 75.7 cm³/mol. The molecule has 0 saturated carbocycles. The molecule has 0 aliphatic carbocycles. The van der Waals surface area contributed by atoms with Crippen molar-refractivity contribution in [2.45, 2.75) is 25.8 Å². The first-order valence-corrected chi connectivity index (χ1v) is 6.67. The van der Waals surface area contributed by atoms with Gasteiger partial charge in [-0.1, -0.05) is 15.9 Å². The van der Waals surface area contributed by atoms with Crippen molar-refractivity contribution in [1.82, 2.24) is 5.32 Å². The third kappa shape index (κ3) is 5.06. The molecule has 0 aromatic heterocycles. The summed E-state index contributed by atoms with van der Waals surface area (Å²) in [5.41, 5.74) is 6.62. The topological polar surface area (TPSA) is 64.3 Å². The number of halogens is 1. The maximum Gasteiger partial charge on any atom is 0.221 e. The Bertz CT molecular complexity index is 408. The average Bonchev–Trinajstić information content (AvgIpc) is 2.28. The van der Waals surface area contributed by atoms with Crippen LogP contribution in [0.5, 0.6) is 5.75 Å². The summed E-state index contributed by atoms with van der Waals surface area (Å²) in [4.78, 5) is 11.4. The molecular formula is C13H19BrN2O2. The van der Waals surface area contributed by atoms with Gasteiger partial charge in [0.25, 0.3) is 0 Å². The fourth-order valence-electron chi connectivity index (χ4n) is 1.64. The Hall–Kier alpha value is -1.07. The van der Waals surface area contributed by atoms with Gasteiger partial charge in [-0.2, -0.15) is 0 Å². The molecule has 1 aromatic rings. The van der Waals surface area contributed by atoms with Crippen molar-refractivity contribution in [3.05, 3.63) is 28.2 Å². The lowest BCUT2D eigenvalue weighted by Crippen LogP contribution is -2.31. The minimum Gasteiger partial charge on any atom is -0.496 e. The summed E-state index contributed by atoms with van der Waals surface area (Å²) >= 11 is 3.42. The number of nitrogens with two attached hydrogens (primary N) is 1. The molecule has 1 rings (SSSR count). The summed E-state index contributed by atoms with van der Waals surface area (Å²) in [6, 6.07) is 5.72. The van der Waals surface area contributed by atoms with Gasteiger partial charge in [0.1, 0.15) is 5.75 Å². The minimum atomic E-state index is -0.106. The van der Waals surface area contributed by atoms with Crippen molar-refractivity contribution in [3.63, 3.8) is 0 Å². The molecule has 1 unspecified atom stereocenters. The van der Waals surface area contributed by atoms with Crippen molar-refractivity contribution in [2.24, 2.45) is 5.73 Å². The average molecular weight is 315 g/mol. The predicted octanol–water partition coefficient (Wildman–Crippen LogP) is 1.85. The molecule has 0 radical (unpaired) electrons. The number of hydrogen-bond acceptors (Lipinski definition) is 3. The van der Waals surface area contributed by atoms with E-state index in [-0.39, 0.29) is 11.9 Å². The Labute approximate surface area is 116 Å². The summed E-state index contributed by atoms with van der Waals surface area (Å²) in [5.74, 6) is 0.818. The number of rotatable bonds is 6. The van der Waals surface area contributed by atoms with E-state index in [0.29, 0.717) is 13.0 Å². The Morgan fingerprint density at radius 3 is 2.89 bits per heavy atom. The normalized spacial score (nSPS) is 12.0. The van der Waals surface area contributed by atoms with Crippen molar-refractivity contribution in [2.75, 3.05) is 13.7 Å². The molecular weight excluding hydrogens is 296 g/mol. The number of amides is 1. The molecule has 0 fully saturated rings. The molecule has 18 heavy (non-hydrogen) atoms. The van der Waals surface area contributed by atoms with Crippen LogP contribution in [0, 0.1) is 0 Å². The van der Waals surface area contributed by atoms with Crippen molar-refractivity contribution in [3.8, 4) is 5.75 Å². The number of ether oxygens (including phenoxy) is 1. The first-order valence-electron chi connectivity index (χ1n) is 5.87. The molecule has 1 amide bonds. The summed E-state index contributed by atoms with van der Waals surface area (Å²) < 4.78 is 6.27. The standard InChI is InChI=1S/C13H19BrN2O2/c1-9(15)7-13(17)16-6-5-10-8-11(14)3-4-12(10)18-2/h3-4,8-9H,5-7,15H2,1-2H3,(H,16,17). The lowest BCUT2D eigenvalue weighted by atomic mass is 10.1.